The van der Waals surface area contributed by atoms with Crippen LogP contribution in [0.25, 0.3) is 0 Å². The van der Waals surface area contributed by atoms with Crippen molar-refractivity contribution >= 4 is 18.8 Å². The second-order valence-electron chi connectivity index (χ2n) is 3.09. The van der Waals surface area contributed by atoms with Crippen molar-refractivity contribution in [1.82, 2.24) is 0 Å². The van der Waals surface area contributed by atoms with Crippen LogP contribution in [-0.2, 0) is 3.07 Å². The third-order valence-electron chi connectivity index (χ3n) is 2.55. The van der Waals surface area contributed by atoms with Gasteiger partial charge in [0.2, 0.25) is 0 Å². The summed E-state index contributed by atoms with van der Waals surface area (Å²) < 4.78 is 10.1. The van der Waals surface area contributed by atoms with Gasteiger partial charge in [-0.1, -0.05) is 0 Å². The molecule has 0 saturated carbocycles. The first-order valence-electron chi connectivity index (χ1n) is 4.88. The first-order chi connectivity index (χ1) is 5.24. The van der Waals surface area contributed by atoms with Crippen LogP contribution in [0, 0.1) is 0 Å². The standard InChI is InChI=1S/C3H7O.3C2H5.Sn/c1-2-3-4;3*1-2;/h2-3H2,1H3;3*1H2,2H3;/q-1;;;;+1. The second kappa shape index (κ2) is 6.29. The SMILES string of the molecule is CCC[O][Sn]([CH2]C)([CH2]C)[CH2]C. The molecule has 0 bridgehead atoms. The summed E-state index contributed by atoms with van der Waals surface area (Å²) in [6, 6.07) is 0. The fourth-order valence-electron chi connectivity index (χ4n) is 1.37. The van der Waals surface area contributed by atoms with Crippen molar-refractivity contribution in [3.63, 3.8) is 0 Å². The average molecular weight is 265 g/mol. The number of hydrogen-bond donors (Lipinski definition) is 0. The average Bonchev–Trinajstić information content (AvgIpc) is 2.08. The Kier molecular flexibility index (Phi) is 6.73. The summed E-state index contributed by atoms with van der Waals surface area (Å²) in [5.74, 6) is 0. The van der Waals surface area contributed by atoms with E-state index in [1.807, 2.05) is 0 Å². The fourth-order valence-corrected chi connectivity index (χ4v) is 9.22. The van der Waals surface area contributed by atoms with Crippen molar-refractivity contribution in [3.05, 3.63) is 0 Å². The molecular formula is C9H22OSn. The Hall–Kier alpha value is 0.759. The van der Waals surface area contributed by atoms with Gasteiger partial charge in [0.15, 0.2) is 0 Å². The van der Waals surface area contributed by atoms with E-state index >= 15 is 0 Å². The summed E-state index contributed by atoms with van der Waals surface area (Å²) in [4.78, 5) is 0. The maximum absolute atomic E-state index is 6.04. The molecule has 2 heteroatoms. The summed E-state index contributed by atoms with van der Waals surface area (Å²) in [7, 11) is 0. The minimum atomic E-state index is -1.96. The van der Waals surface area contributed by atoms with Crippen LogP contribution in [0.15, 0.2) is 0 Å². The molecule has 0 spiro atoms. The van der Waals surface area contributed by atoms with E-state index in [4.69, 9.17) is 3.07 Å². The van der Waals surface area contributed by atoms with Gasteiger partial charge >= 0.3 is 75.9 Å². The Balaban J connectivity index is 3.84. The first-order valence-corrected chi connectivity index (χ1v) is 12.1. The molecule has 0 aromatic carbocycles. The molecule has 0 radical (unpaired) electrons. The van der Waals surface area contributed by atoms with E-state index in [1.54, 1.807) is 0 Å². The van der Waals surface area contributed by atoms with Gasteiger partial charge in [-0.15, -0.1) is 0 Å². The van der Waals surface area contributed by atoms with Crippen LogP contribution in [0.2, 0.25) is 13.3 Å². The van der Waals surface area contributed by atoms with Gasteiger partial charge in [-0.05, 0) is 0 Å². The van der Waals surface area contributed by atoms with Gasteiger partial charge < -0.3 is 0 Å². The van der Waals surface area contributed by atoms with E-state index < -0.39 is 18.8 Å². The molecule has 0 aliphatic heterocycles. The van der Waals surface area contributed by atoms with Crippen molar-refractivity contribution < 1.29 is 3.07 Å². The second-order valence-corrected chi connectivity index (χ2v) is 16.7. The molecule has 0 amide bonds. The van der Waals surface area contributed by atoms with E-state index in [0.29, 0.717) is 0 Å². The molecule has 0 aliphatic carbocycles. The van der Waals surface area contributed by atoms with Crippen LogP contribution in [0.3, 0.4) is 0 Å². The molecule has 0 aromatic rings. The Morgan fingerprint density at radius 2 is 1.36 bits per heavy atom. The molecule has 0 aliphatic rings. The molecule has 0 unspecified atom stereocenters. The quantitative estimate of drug-likeness (QED) is 0.668. The van der Waals surface area contributed by atoms with Crippen LogP contribution >= 0.6 is 0 Å². The van der Waals surface area contributed by atoms with Crippen molar-refractivity contribution in [2.45, 2.75) is 47.4 Å². The molecule has 0 N–H and O–H groups in total. The van der Waals surface area contributed by atoms with Gasteiger partial charge in [0.05, 0.1) is 0 Å². The predicted octanol–water partition coefficient (Wildman–Crippen LogP) is 3.42. The van der Waals surface area contributed by atoms with E-state index in [9.17, 15) is 0 Å². The monoisotopic (exact) mass is 266 g/mol. The number of rotatable bonds is 6. The summed E-state index contributed by atoms with van der Waals surface area (Å²) in [5, 5.41) is 0. The van der Waals surface area contributed by atoms with Gasteiger partial charge in [-0.3, -0.25) is 0 Å². The normalized spacial score (nSPS) is 12.0. The Bertz CT molecular complexity index is 81.3. The Morgan fingerprint density at radius 1 is 0.909 bits per heavy atom. The Labute approximate surface area is 75.9 Å². The van der Waals surface area contributed by atoms with E-state index in [-0.39, 0.29) is 0 Å². The van der Waals surface area contributed by atoms with Crippen molar-refractivity contribution in [2.24, 2.45) is 0 Å². The molecular weight excluding hydrogens is 243 g/mol. The molecule has 1 nitrogen and oxygen atoms in total. The fraction of sp³-hybridized carbons (Fsp3) is 1.00. The van der Waals surface area contributed by atoms with Crippen LogP contribution < -0.4 is 0 Å². The topological polar surface area (TPSA) is 9.23 Å². The van der Waals surface area contributed by atoms with Crippen LogP contribution in [-0.4, -0.2) is 25.4 Å². The third-order valence-corrected chi connectivity index (χ3v) is 15.9. The third kappa shape index (κ3) is 3.79. The van der Waals surface area contributed by atoms with Gasteiger partial charge in [0.25, 0.3) is 0 Å². The minimum absolute atomic E-state index is 1.01. The zero-order valence-corrected chi connectivity index (χ0v) is 11.3. The van der Waals surface area contributed by atoms with E-state index in [1.165, 1.54) is 19.7 Å². The van der Waals surface area contributed by atoms with Gasteiger partial charge in [-0.25, -0.2) is 0 Å². The Morgan fingerprint density at radius 3 is 1.64 bits per heavy atom. The van der Waals surface area contributed by atoms with Gasteiger partial charge in [0, 0.05) is 0 Å². The van der Waals surface area contributed by atoms with Crippen LogP contribution in [0.4, 0.5) is 0 Å². The van der Waals surface area contributed by atoms with Crippen LogP contribution in [0.5, 0.6) is 0 Å². The molecule has 0 atom stereocenters. The summed E-state index contributed by atoms with van der Waals surface area (Å²) in [6.07, 6.45) is 1.18. The zero-order chi connectivity index (χ0) is 8.74. The molecule has 0 heterocycles. The first kappa shape index (κ1) is 11.8. The predicted molar refractivity (Wildman–Crippen MR) is 53.4 cm³/mol. The molecule has 0 fully saturated rings. The zero-order valence-electron chi connectivity index (χ0n) is 8.44. The summed E-state index contributed by atoms with van der Waals surface area (Å²) in [5.41, 5.74) is 0. The molecule has 0 aromatic heterocycles. The molecule has 0 saturated heterocycles. The van der Waals surface area contributed by atoms with Gasteiger partial charge in [0.1, 0.15) is 0 Å². The maximum atomic E-state index is 6.04. The van der Waals surface area contributed by atoms with Crippen LogP contribution in [0.1, 0.15) is 34.1 Å². The van der Waals surface area contributed by atoms with E-state index in [2.05, 4.69) is 27.7 Å². The van der Waals surface area contributed by atoms with Crippen molar-refractivity contribution in [1.29, 1.82) is 0 Å². The summed E-state index contributed by atoms with van der Waals surface area (Å²) in [6.45, 7) is 10.1. The molecule has 68 valence electrons. The van der Waals surface area contributed by atoms with E-state index in [0.717, 1.165) is 6.61 Å². The van der Waals surface area contributed by atoms with Crippen molar-refractivity contribution in [3.8, 4) is 0 Å². The molecule has 11 heavy (non-hydrogen) atoms. The van der Waals surface area contributed by atoms with Crippen molar-refractivity contribution in [2.75, 3.05) is 6.61 Å². The molecule has 0 rings (SSSR count). The summed E-state index contributed by atoms with van der Waals surface area (Å²) >= 11 is -1.96. The number of hydrogen-bond acceptors (Lipinski definition) is 1. The van der Waals surface area contributed by atoms with Gasteiger partial charge in [-0.2, -0.15) is 0 Å².